The molecule has 0 bridgehead atoms. The van der Waals surface area contributed by atoms with E-state index in [1.54, 1.807) is 7.05 Å². The summed E-state index contributed by atoms with van der Waals surface area (Å²) in [5.74, 6) is -0.241. The Morgan fingerprint density at radius 1 is 1.25 bits per heavy atom. The number of sulfonamides is 1. The molecule has 0 aromatic heterocycles. The molecule has 16 heavy (non-hydrogen) atoms. The lowest BCUT2D eigenvalue weighted by molar-refractivity contribution is -0.146. The Morgan fingerprint density at radius 3 is 2.12 bits per heavy atom. The Kier molecular flexibility index (Phi) is 4.32. The maximum absolute atomic E-state index is 11.3. The van der Waals surface area contributed by atoms with Gasteiger partial charge in [0.05, 0.1) is 19.3 Å². The van der Waals surface area contributed by atoms with Crippen LogP contribution in [-0.2, 0) is 19.6 Å². The summed E-state index contributed by atoms with van der Waals surface area (Å²) in [5, 5.41) is 0. The normalized spacial score (nSPS) is 26.8. The van der Waals surface area contributed by atoms with Crippen molar-refractivity contribution < 1.29 is 17.9 Å². The van der Waals surface area contributed by atoms with E-state index in [4.69, 9.17) is 0 Å². The van der Waals surface area contributed by atoms with Crippen LogP contribution in [0.25, 0.3) is 0 Å². The van der Waals surface area contributed by atoms with Crippen molar-refractivity contribution >= 4 is 16.0 Å². The quantitative estimate of drug-likeness (QED) is 0.687. The minimum absolute atomic E-state index is 0.0240. The second-order valence-corrected chi connectivity index (χ2v) is 6.35. The first-order valence-corrected chi connectivity index (χ1v) is 7.22. The molecule has 0 unspecified atom stereocenters. The minimum Gasteiger partial charge on any atom is -0.469 e. The Labute approximate surface area is 96.8 Å². The van der Waals surface area contributed by atoms with Gasteiger partial charge in [0.2, 0.25) is 10.0 Å². The molecule has 1 saturated carbocycles. The van der Waals surface area contributed by atoms with Crippen LogP contribution in [0.2, 0.25) is 0 Å². The van der Waals surface area contributed by atoms with Gasteiger partial charge in [-0.2, -0.15) is 0 Å². The first kappa shape index (κ1) is 13.4. The van der Waals surface area contributed by atoms with Crippen LogP contribution >= 0.6 is 0 Å². The highest BCUT2D eigenvalue weighted by atomic mass is 32.2. The fraction of sp³-hybridized carbons (Fsp3) is 0.900. The lowest BCUT2D eigenvalue weighted by Gasteiger charge is -2.32. The summed E-state index contributed by atoms with van der Waals surface area (Å²) in [6.07, 6.45) is 4.07. The zero-order chi connectivity index (χ0) is 12.3. The van der Waals surface area contributed by atoms with Gasteiger partial charge in [0.1, 0.15) is 0 Å². The van der Waals surface area contributed by atoms with E-state index in [1.165, 1.54) is 17.7 Å². The van der Waals surface area contributed by atoms with Crippen molar-refractivity contribution in [1.29, 1.82) is 0 Å². The summed E-state index contributed by atoms with van der Waals surface area (Å²) in [7, 11) is -0.147. The number of ether oxygens (including phenoxy) is 1. The number of carbonyl (C=O) groups excluding carboxylic acids is 1. The van der Waals surface area contributed by atoms with Gasteiger partial charge in [-0.15, -0.1) is 0 Å². The molecule has 0 amide bonds. The molecule has 0 radical (unpaired) electrons. The van der Waals surface area contributed by atoms with Gasteiger partial charge in [0, 0.05) is 13.1 Å². The summed E-state index contributed by atoms with van der Waals surface area (Å²) in [6, 6.07) is 0.0240. The third-order valence-electron chi connectivity index (χ3n) is 3.27. The lowest BCUT2D eigenvalue weighted by Crippen LogP contribution is -2.39. The number of hydrogen-bond donors (Lipinski definition) is 0. The van der Waals surface area contributed by atoms with Crippen molar-refractivity contribution in [3.05, 3.63) is 0 Å². The zero-order valence-corrected chi connectivity index (χ0v) is 10.8. The van der Waals surface area contributed by atoms with E-state index < -0.39 is 10.0 Å². The van der Waals surface area contributed by atoms with Crippen LogP contribution in [0, 0.1) is 5.92 Å². The average molecular weight is 249 g/mol. The first-order valence-electron chi connectivity index (χ1n) is 5.37. The molecular weight excluding hydrogens is 230 g/mol. The van der Waals surface area contributed by atoms with Gasteiger partial charge in [-0.3, -0.25) is 4.79 Å². The van der Waals surface area contributed by atoms with Crippen LogP contribution in [0.15, 0.2) is 0 Å². The summed E-state index contributed by atoms with van der Waals surface area (Å²) in [6.45, 7) is 0. The Bertz CT molecular complexity index is 344. The van der Waals surface area contributed by atoms with E-state index in [-0.39, 0.29) is 17.9 Å². The molecule has 1 aliphatic rings. The van der Waals surface area contributed by atoms with Gasteiger partial charge in [-0.05, 0) is 25.7 Å². The number of nitrogens with zero attached hydrogens (tertiary/aromatic N) is 1. The van der Waals surface area contributed by atoms with E-state index in [2.05, 4.69) is 4.74 Å². The number of hydrogen-bond acceptors (Lipinski definition) is 4. The molecule has 1 aliphatic carbocycles. The molecule has 0 spiro atoms. The van der Waals surface area contributed by atoms with E-state index in [1.807, 2.05) is 0 Å². The predicted molar refractivity (Wildman–Crippen MR) is 60.4 cm³/mol. The second kappa shape index (κ2) is 5.14. The fourth-order valence-corrected chi connectivity index (χ4v) is 2.86. The molecule has 0 heterocycles. The van der Waals surface area contributed by atoms with E-state index >= 15 is 0 Å². The van der Waals surface area contributed by atoms with Gasteiger partial charge >= 0.3 is 5.97 Å². The monoisotopic (exact) mass is 249 g/mol. The number of carbonyl (C=O) groups is 1. The Balaban J connectivity index is 2.52. The second-order valence-electron chi connectivity index (χ2n) is 4.31. The van der Waals surface area contributed by atoms with Crippen LogP contribution < -0.4 is 0 Å². The van der Waals surface area contributed by atoms with Gasteiger partial charge in [0.15, 0.2) is 0 Å². The molecule has 0 aliphatic heterocycles. The summed E-state index contributed by atoms with van der Waals surface area (Å²) in [4.78, 5) is 11.3. The fourth-order valence-electron chi connectivity index (χ4n) is 2.11. The van der Waals surface area contributed by atoms with Crippen LogP contribution in [0.5, 0.6) is 0 Å². The molecule has 0 aromatic carbocycles. The molecule has 0 atom stereocenters. The third kappa shape index (κ3) is 3.18. The standard InChI is InChI=1S/C10H19NO4S/c1-11(16(3,13)14)9-6-4-8(5-7-9)10(12)15-2/h8-9H,4-7H2,1-3H3. The average Bonchev–Trinajstić information content (AvgIpc) is 2.26. The van der Waals surface area contributed by atoms with Crippen molar-refractivity contribution in [2.75, 3.05) is 20.4 Å². The molecule has 0 aromatic rings. The molecule has 6 heteroatoms. The maximum atomic E-state index is 11.3. The topological polar surface area (TPSA) is 63.7 Å². The Hall–Kier alpha value is -0.620. The van der Waals surface area contributed by atoms with Gasteiger partial charge in [-0.1, -0.05) is 0 Å². The molecule has 5 nitrogen and oxygen atoms in total. The van der Waals surface area contributed by atoms with Crippen LogP contribution in [-0.4, -0.2) is 45.1 Å². The Morgan fingerprint density at radius 2 is 1.75 bits per heavy atom. The SMILES string of the molecule is COC(=O)C1CCC(N(C)S(C)(=O)=O)CC1. The highest BCUT2D eigenvalue weighted by molar-refractivity contribution is 7.88. The van der Waals surface area contributed by atoms with E-state index in [9.17, 15) is 13.2 Å². The molecule has 0 N–H and O–H groups in total. The number of methoxy groups -OCH3 is 1. The smallest absolute Gasteiger partial charge is 0.308 e. The number of rotatable bonds is 3. The molecule has 94 valence electrons. The van der Waals surface area contributed by atoms with E-state index in [0.717, 1.165) is 12.8 Å². The van der Waals surface area contributed by atoms with Crippen LogP contribution in [0.3, 0.4) is 0 Å². The van der Waals surface area contributed by atoms with Gasteiger partial charge < -0.3 is 4.74 Å². The van der Waals surface area contributed by atoms with E-state index in [0.29, 0.717) is 12.8 Å². The largest absolute Gasteiger partial charge is 0.469 e. The van der Waals surface area contributed by atoms with Crippen molar-refractivity contribution in [3.8, 4) is 0 Å². The van der Waals surface area contributed by atoms with Crippen LogP contribution in [0.4, 0.5) is 0 Å². The molecular formula is C10H19NO4S. The summed E-state index contributed by atoms with van der Waals surface area (Å²) in [5.41, 5.74) is 0. The highest BCUT2D eigenvalue weighted by Gasteiger charge is 2.31. The third-order valence-corrected chi connectivity index (χ3v) is 4.61. The van der Waals surface area contributed by atoms with Crippen molar-refractivity contribution in [2.24, 2.45) is 5.92 Å². The van der Waals surface area contributed by atoms with Crippen molar-refractivity contribution in [3.63, 3.8) is 0 Å². The molecule has 0 saturated heterocycles. The van der Waals surface area contributed by atoms with Crippen molar-refractivity contribution in [1.82, 2.24) is 4.31 Å². The molecule has 1 rings (SSSR count). The predicted octanol–water partition coefficient (Wildman–Crippen LogP) is 0.610. The summed E-state index contributed by atoms with van der Waals surface area (Å²) < 4.78 is 28.8. The number of esters is 1. The lowest BCUT2D eigenvalue weighted by atomic mass is 9.86. The zero-order valence-electron chi connectivity index (χ0n) is 9.97. The van der Waals surface area contributed by atoms with Gasteiger partial charge in [-0.25, -0.2) is 12.7 Å². The van der Waals surface area contributed by atoms with Crippen LogP contribution in [0.1, 0.15) is 25.7 Å². The maximum Gasteiger partial charge on any atom is 0.308 e. The van der Waals surface area contributed by atoms with Gasteiger partial charge in [0.25, 0.3) is 0 Å². The highest BCUT2D eigenvalue weighted by Crippen LogP contribution is 2.28. The molecule has 1 fully saturated rings. The van der Waals surface area contributed by atoms with Crippen molar-refractivity contribution in [2.45, 2.75) is 31.7 Å². The first-order chi connectivity index (χ1) is 7.36. The summed E-state index contributed by atoms with van der Waals surface area (Å²) >= 11 is 0. The minimum atomic E-state index is -3.13.